The quantitative estimate of drug-likeness (QED) is 0.883. The van der Waals surface area contributed by atoms with Crippen molar-refractivity contribution in [1.82, 2.24) is 9.29 Å². The Hall–Kier alpha value is -2.12. The number of nitrogens with zero attached hydrogens (tertiary/aromatic N) is 3. The molecule has 1 heterocycles. The maximum Gasteiger partial charge on any atom is 0.302 e. The molecule has 2 aromatic rings. The van der Waals surface area contributed by atoms with Gasteiger partial charge in [0.15, 0.2) is 0 Å². The van der Waals surface area contributed by atoms with Gasteiger partial charge in [-0.3, -0.25) is 4.72 Å². The highest BCUT2D eigenvalue weighted by molar-refractivity contribution is 7.90. The van der Waals surface area contributed by atoms with Gasteiger partial charge in [-0.15, -0.1) is 0 Å². The van der Waals surface area contributed by atoms with Gasteiger partial charge in [0.25, 0.3) is 0 Å². The third-order valence-electron chi connectivity index (χ3n) is 3.17. The summed E-state index contributed by atoms with van der Waals surface area (Å²) in [5.74, 6) is 0.297. The number of anilines is 2. The van der Waals surface area contributed by atoms with Crippen molar-refractivity contribution in [2.24, 2.45) is 0 Å². The number of nitrogens with one attached hydrogen (secondary N) is 1. The van der Waals surface area contributed by atoms with Crippen molar-refractivity contribution in [2.75, 3.05) is 30.8 Å². The van der Waals surface area contributed by atoms with Crippen LogP contribution in [-0.2, 0) is 16.8 Å². The van der Waals surface area contributed by atoms with Crippen molar-refractivity contribution in [3.05, 3.63) is 54.2 Å². The van der Waals surface area contributed by atoms with Gasteiger partial charge in [0.05, 0.1) is 11.9 Å². The lowest BCUT2D eigenvalue weighted by molar-refractivity contribution is 0.526. The molecule has 0 aliphatic rings. The Kier molecular flexibility index (Phi) is 4.99. The molecule has 118 valence electrons. The molecule has 0 spiro atoms. The Morgan fingerprint density at radius 1 is 1.05 bits per heavy atom. The van der Waals surface area contributed by atoms with Gasteiger partial charge in [0, 0.05) is 27.7 Å². The highest BCUT2D eigenvalue weighted by Crippen LogP contribution is 2.17. The number of pyridine rings is 1. The molecule has 0 amide bonds. The fourth-order valence-corrected chi connectivity index (χ4v) is 2.41. The standard InChI is InChI=1S/C15H20N4O2S/c1-18(2)22(20,21)17-15-10-9-14(11-16-15)19(3)12-13-7-5-4-6-8-13/h4-11H,12H2,1-3H3,(H,16,17). The molecule has 0 unspecified atom stereocenters. The molecule has 0 bridgehead atoms. The van der Waals surface area contributed by atoms with Crippen molar-refractivity contribution in [3.8, 4) is 0 Å². The third-order valence-corrected chi connectivity index (χ3v) is 4.59. The van der Waals surface area contributed by atoms with E-state index < -0.39 is 10.2 Å². The van der Waals surface area contributed by atoms with E-state index in [4.69, 9.17) is 0 Å². The molecule has 1 aromatic heterocycles. The summed E-state index contributed by atoms with van der Waals surface area (Å²) in [6.45, 7) is 0.755. The van der Waals surface area contributed by atoms with Crippen LogP contribution in [0, 0.1) is 0 Å². The first-order valence-electron chi connectivity index (χ1n) is 6.80. The zero-order valence-corrected chi connectivity index (χ0v) is 13.7. The summed E-state index contributed by atoms with van der Waals surface area (Å²) in [6, 6.07) is 13.6. The normalized spacial score (nSPS) is 11.5. The van der Waals surface area contributed by atoms with E-state index >= 15 is 0 Å². The van der Waals surface area contributed by atoms with Gasteiger partial charge < -0.3 is 4.90 Å². The second-order valence-corrected chi connectivity index (χ2v) is 7.02. The van der Waals surface area contributed by atoms with Crippen LogP contribution in [0.5, 0.6) is 0 Å². The summed E-state index contributed by atoms with van der Waals surface area (Å²) in [4.78, 5) is 6.20. The van der Waals surface area contributed by atoms with Crippen LogP contribution in [0.4, 0.5) is 11.5 Å². The van der Waals surface area contributed by atoms with Gasteiger partial charge in [-0.25, -0.2) is 4.98 Å². The first-order valence-corrected chi connectivity index (χ1v) is 8.24. The molecular weight excluding hydrogens is 300 g/mol. The van der Waals surface area contributed by atoms with Crippen LogP contribution in [0.3, 0.4) is 0 Å². The third kappa shape index (κ3) is 4.19. The predicted molar refractivity (Wildman–Crippen MR) is 89.0 cm³/mol. The van der Waals surface area contributed by atoms with Crippen molar-refractivity contribution >= 4 is 21.7 Å². The summed E-state index contributed by atoms with van der Waals surface area (Å²) < 4.78 is 27.0. The molecule has 0 fully saturated rings. The molecule has 0 aliphatic heterocycles. The van der Waals surface area contributed by atoms with E-state index in [-0.39, 0.29) is 0 Å². The molecular formula is C15H20N4O2S. The van der Waals surface area contributed by atoms with Crippen LogP contribution in [0.2, 0.25) is 0 Å². The Labute approximate surface area is 131 Å². The van der Waals surface area contributed by atoms with E-state index in [2.05, 4.69) is 21.8 Å². The van der Waals surface area contributed by atoms with Gasteiger partial charge in [0.1, 0.15) is 5.82 Å². The SMILES string of the molecule is CN(Cc1ccccc1)c1ccc(NS(=O)(=O)N(C)C)nc1. The predicted octanol–water partition coefficient (Wildman–Crippen LogP) is 1.94. The van der Waals surface area contributed by atoms with Gasteiger partial charge in [-0.1, -0.05) is 30.3 Å². The molecule has 2 rings (SSSR count). The second-order valence-electron chi connectivity index (χ2n) is 5.13. The zero-order valence-electron chi connectivity index (χ0n) is 12.9. The minimum absolute atomic E-state index is 0.297. The van der Waals surface area contributed by atoms with E-state index in [0.29, 0.717) is 5.82 Å². The van der Waals surface area contributed by atoms with Gasteiger partial charge in [-0.05, 0) is 17.7 Å². The van der Waals surface area contributed by atoms with Crippen LogP contribution in [0.25, 0.3) is 0 Å². The largest absolute Gasteiger partial charge is 0.369 e. The van der Waals surface area contributed by atoms with E-state index in [1.807, 2.05) is 36.2 Å². The van der Waals surface area contributed by atoms with Gasteiger partial charge >= 0.3 is 10.2 Å². The number of aromatic nitrogens is 1. The van der Waals surface area contributed by atoms with Crippen LogP contribution in [0.1, 0.15) is 5.56 Å². The molecule has 6 nitrogen and oxygen atoms in total. The highest BCUT2D eigenvalue weighted by Gasteiger charge is 2.13. The topological polar surface area (TPSA) is 65.5 Å². The summed E-state index contributed by atoms with van der Waals surface area (Å²) in [7, 11) is 1.37. The fraction of sp³-hybridized carbons (Fsp3) is 0.267. The number of benzene rings is 1. The zero-order chi connectivity index (χ0) is 16.2. The molecule has 1 aromatic carbocycles. The van der Waals surface area contributed by atoms with Crippen molar-refractivity contribution in [2.45, 2.75) is 6.54 Å². The van der Waals surface area contributed by atoms with Crippen LogP contribution in [-0.4, -0.2) is 38.9 Å². The summed E-state index contributed by atoms with van der Waals surface area (Å²) in [6.07, 6.45) is 1.65. The molecule has 22 heavy (non-hydrogen) atoms. The minimum Gasteiger partial charge on any atom is -0.369 e. The molecule has 7 heteroatoms. The van der Waals surface area contributed by atoms with E-state index in [0.717, 1.165) is 16.5 Å². The number of hydrogen-bond donors (Lipinski definition) is 1. The van der Waals surface area contributed by atoms with Crippen LogP contribution < -0.4 is 9.62 Å². The Bertz CT molecular complexity index is 700. The fourth-order valence-electron chi connectivity index (χ4n) is 1.84. The Morgan fingerprint density at radius 3 is 2.27 bits per heavy atom. The molecule has 0 saturated carbocycles. The summed E-state index contributed by atoms with van der Waals surface area (Å²) in [5.41, 5.74) is 2.11. The summed E-state index contributed by atoms with van der Waals surface area (Å²) >= 11 is 0. The molecule has 0 atom stereocenters. The number of hydrogen-bond acceptors (Lipinski definition) is 4. The maximum absolute atomic E-state index is 11.7. The van der Waals surface area contributed by atoms with Crippen LogP contribution in [0.15, 0.2) is 48.7 Å². The lowest BCUT2D eigenvalue weighted by Gasteiger charge is -2.19. The number of rotatable bonds is 6. The van der Waals surface area contributed by atoms with E-state index in [9.17, 15) is 8.42 Å². The van der Waals surface area contributed by atoms with Crippen molar-refractivity contribution in [1.29, 1.82) is 0 Å². The minimum atomic E-state index is -3.53. The van der Waals surface area contributed by atoms with E-state index in [1.54, 1.807) is 12.3 Å². The van der Waals surface area contributed by atoms with Crippen LogP contribution >= 0.6 is 0 Å². The van der Waals surface area contributed by atoms with Crippen molar-refractivity contribution < 1.29 is 8.42 Å². The summed E-state index contributed by atoms with van der Waals surface area (Å²) in [5, 5.41) is 0. The average molecular weight is 320 g/mol. The van der Waals surface area contributed by atoms with Gasteiger partial charge in [0.2, 0.25) is 0 Å². The Morgan fingerprint density at radius 2 is 1.73 bits per heavy atom. The van der Waals surface area contributed by atoms with Gasteiger partial charge in [-0.2, -0.15) is 12.7 Å². The highest BCUT2D eigenvalue weighted by atomic mass is 32.2. The second kappa shape index (κ2) is 6.76. The maximum atomic E-state index is 11.7. The lowest BCUT2D eigenvalue weighted by Crippen LogP contribution is -2.29. The first-order chi connectivity index (χ1) is 10.4. The molecule has 0 saturated heterocycles. The molecule has 0 aliphatic carbocycles. The van der Waals surface area contributed by atoms with Crippen molar-refractivity contribution in [3.63, 3.8) is 0 Å². The smallest absolute Gasteiger partial charge is 0.302 e. The Balaban J connectivity index is 2.05. The lowest BCUT2D eigenvalue weighted by atomic mass is 10.2. The molecule has 0 radical (unpaired) electrons. The van der Waals surface area contributed by atoms with E-state index in [1.165, 1.54) is 19.7 Å². The first kappa shape index (κ1) is 16.3. The monoisotopic (exact) mass is 320 g/mol. The average Bonchev–Trinajstić information content (AvgIpc) is 2.48. The molecule has 1 N–H and O–H groups in total.